The maximum Gasteiger partial charge on any atom is 0.256 e. The van der Waals surface area contributed by atoms with Crippen LogP contribution in [-0.2, 0) is 0 Å². The Morgan fingerprint density at radius 2 is 2.11 bits per heavy atom. The van der Waals surface area contributed by atoms with Crippen LogP contribution in [0.4, 0.5) is 0 Å². The van der Waals surface area contributed by atoms with Crippen LogP contribution < -0.4 is 10.7 Å². The summed E-state index contributed by atoms with van der Waals surface area (Å²) in [6, 6.07) is 1.35. The summed E-state index contributed by atoms with van der Waals surface area (Å²) in [5, 5.41) is 2.76. The van der Waals surface area contributed by atoms with Crippen LogP contribution in [0, 0.1) is 0 Å². The number of amides is 1. The standard InChI is InChI=1S/C13H21N3O2/c1-3-16(4-2)9-5-7-15-13(18)11-10-14-8-6-12(11)17/h6,8,10H,3-5,7,9H2,1-2H3,(H,14,17)(H,15,18). The maximum absolute atomic E-state index is 11.7. The lowest BCUT2D eigenvalue weighted by Crippen LogP contribution is -2.32. The van der Waals surface area contributed by atoms with Crippen LogP contribution >= 0.6 is 0 Å². The van der Waals surface area contributed by atoms with Crippen molar-refractivity contribution in [2.75, 3.05) is 26.2 Å². The minimum Gasteiger partial charge on any atom is -0.367 e. The summed E-state index contributed by atoms with van der Waals surface area (Å²) in [6.45, 7) is 7.81. The summed E-state index contributed by atoms with van der Waals surface area (Å²) in [4.78, 5) is 28.1. The van der Waals surface area contributed by atoms with Crippen LogP contribution in [0.25, 0.3) is 0 Å². The molecule has 0 spiro atoms. The van der Waals surface area contributed by atoms with Gasteiger partial charge in [-0.2, -0.15) is 0 Å². The highest BCUT2D eigenvalue weighted by atomic mass is 16.2. The third-order valence-corrected chi connectivity index (χ3v) is 2.90. The van der Waals surface area contributed by atoms with Crippen LogP contribution in [0.3, 0.4) is 0 Å². The molecule has 0 fully saturated rings. The van der Waals surface area contributed by atoms with E-state index in [2.05, 4.69) is 29.0 Å². The van der Waals surface area contributed by atoms with Crippen LogP contribution in [-0.4, -0.2) is 42.0 Å². The second kappa shape index (κ2) is 7.66. The molecule has 1 amide bonds. The minimum absolute atomic E-state index is 0.167. The topological polar surface area (TPSA) is 65.2 Å². The average Bonchev–Trinajstić information content (AvgIpc) is 2.39. The molecule has 0 unspecified atom stereocenters. The van der Waals surface area contributed by atoms with Gasteiger partial charge in [0.1, 0.15) is 5.56 Å². The summed E-state index contributed by atoms with van der Waals surface area (Å²) < 4.78 is 0. The Morgan fingerprint density at radius 3 is 2.72 bits per heavy atom. The van der Waals surface area contributed by atoms with Gasteiger partial charge in [0.15, 0.2) is 5.43 Å². The Labute approximate surface area is 107 Å². The fourth-order valence-electron chi connectivity index (χ4n) is 1.73. The van der Waals surface area contributed by atoms with Gasteiger partial charge in [0.05, 0.1) is 0 Å². The van der Waals surface area contributed by atoms with Crippen molar-refractivity contribution in [3.8, 4) is 0 Å². The van der Waals surface area contributed by atoms with E-state index in [-0.39, 0.29) is 16.9 Å². The third kappa shape index (κ3) is 4.33. The van der Waals surface area contributed by atoms with Crippen molar-refractivity contribution in [2.45, 2.75) is 20.3 Å². The molecule has 2 N–H and O–H groups in total. The number of rotatable bonds is 7. The molecule has 0 aliphatic heterocycles. The van der Waals surface area contributed by atoms with E-state index in [1.807, 2.05) is 0 Å². The number of pyridine rings is 1. The molecule has 0 saturated carbocycles. The SMILES string of the molecule is CCN(CC)CCCNC(=O)c1c[nH]ccc1=O. The number of nitrogens with one attached hydrogen (secondary N) is 2. The summed E-state index contributed by atoms with van der Waals surface area (Å²) in [5.41, 5.74) is -0.0877. The summed E-state index contributed by atoms with van der Waals surface area (Å²) >= 11 is 0. The Kier molecular flexibility index (Phi) is 6.14. The Balaban J connectivity index is 2.34. The lowest BCUT2D eigenvalue weighted by molar-refractivity contribution is 0.0950. The number of hydrogen-bond donors (Lipinski definition) is 2. The predicted octanol–water partition coefficient (Wildman–Crippen LogP) is 0.837. The predicted molar refractivity (Wildman–Crippen MR) is 71.8 cm³/mol. The number of aromatic amines is 1. The Bertz CT molecular complexity index is 424. The molecule has 1 heterocycles. The Morgan fingerprint density at radius 1 is 1.39 bits per heavy atom. The van der Waals surface area contributed by atoms with E-state index in [4.69, 9.17) is 0 Å². The monoisotopic (exact) mass is 251 g/mol. The molecular formula is C13H21N3O2. The quantitative estimate of drug-likeness (QED) is 0.706. The smallest absolute Gasteiger partial charge is 0.256 e. The maximum atomic E-state index is 11.7. The normalized spacial score (nSPS) is 10.6. The van der Waals surface area contributed by atoms with Crippen molar-refractivity contribution in [2.24, 2.45) is 0 Å². The van der Waals surface area contributed by atoms with Crippen LogP contribution in [0.5, 0.6) is 0 Å². The van der Waals surface area contributed by atoms with E-state index in [1.165, 1.54) is 18.5 Å². The first-order chi connectivity index (χ1) is 8.69. The Hall–Kier alpha value is -1.62. The van der Waals surface area contributed by atoms with E-state index in [1.54, 1.807) is 0 Å². The van der Waals surface area contributed by atoms with Crippen molar-refractivity contribution in [3.63, 3.8) is 0 Å². The van der Waals surface area contributed by atoms with E-state index in [0.29, 0.717) is 6.54 Å². The zero-order valence-corrected chi connectivity index (χ0v) is 11.0. The molecule has 0 aliphatic rings. The van der Waals surface area contributed by atoms with Crippen LogP contribution in [0.2, 0.25) is 0 Å². The molecular weight excluding hydrogens is 230 g/mol. The van der Waals surface area contributed by atoms with Gasteiger partial charge < -0.3 is 15.2 Å². The molecule has 5 heteroatoms. The molecule has 0 aliphatic carbocycles. The zero-order valence-electron chi connectivity index (χ0n) is 11.0. The third-order valence-electron chi connectivity index (χ3n) is 2.90. The average molecular weight is 251 g/mol. The van der Waals surface area contributed by atoms with Crippen molar-refractivity contribution in [3.05, 3.63) is 34.2 Å². The van der Waals surface area contributed by atoms with Gasteiger partial charge in [-0.3, -0.25) is 9.59 Å². The fourth-order valence-corrected chi connectivity index (χ4v) is 1.73. The number of hydrogen-bond acceptors (Lipinski definition) is 3. The first-order valence-electron chi connectivity index (χ1n) is 6.36. The molecule has 100 valence electrons. The minimum atomic E-state index is -0.309. The molecule has 1 aromatic heterocycles. The molecule has 5 nitrogen and oxygen atoms in total. The first-order valence-corrected chi connectivity index (χ1v) is 6.36. The van der Waals surface area contributed by atoms with E-state index in [0.717, 1.165) is 26.1 Å². The van der Waals surface area contributed by atoms with Gasteiger partial charge in [-0.1, -0.05) is 13.8 Å². The molecule has 0 aromatic carbocycles. The number of nitrogens with zero attached hydrogens (tertiary/aromatic N) is 1. The lowest BCUT2D eigenvalue weighted by atomic mass is 10.2. The van der Waals surface area contributed by atoms with Gasteiger partial charge in [0.25, 0.3) is 5.91 Å². The van der Waals surface area contributed by atoms with E-state index < -0.39 is 0 Å². The number of H-pyrrole nitrogens is 1. The zero-order chi connectivity index (χ0) is 13.4. The summed E-state index contributed by atoms with van der Waals surface area (Å²) in [6.07, 6.45) is 3.83. The van der Waals surface area contributed by atoms with Crippen molar-refractivity contribution in [1.82, 2.24) is 15.2 Å². The van der Waals surface area contributed by atoms with Gasteiger partial charge in [0, 0.05) is 25.0 Å². The van der Waals surface area contributed by atoms with Crippen molar-refractivity contribution >= 4 is 5.91 Å². The van der Waals surface area contributed by atoms with Crippen LogP contribution in [0.1, 0.15) is 30.6 Å². The van der Waals surface area contributed by atoms with Gasteiger partial charge in [-0.05, 0) is 26.1 Å². The lowest BCUT2D eigenvalue weighted by Gasteiger charge is -2.17. The molecule has 1 aromatic rings. The number of carbonyl (C=O) groups excluding carboxylic acids is 1. The molecule has 18 heavy (non-hydrogen) atoms. The summed E-state index contributed by atoms with van der Waals surface area (Å²) in [5.74, 6) is -0.309. The van der Waals surface area contributed by atoms with Gasteiger partial charge in [0.2, 0.25) is 0 Å². The van der Waals surface area contributed by atoms with Gasteiger partial charge in [-0.15, -0.1) is 0 Å². The fraction of sp³-hybridized carbons (Fsp3) is 0.538. The molecule has 0 atom stereocenters. The number of aromatic nitrogens is 1. The highest BCUT2D eigenvalue weighted by Crippen LogP contribution is 1.91. The van der Waals surface area contributed by atoms with Gasteiger partial charge in [-0.25, -0.2) is 0 Å². The second-order valence-electron chi connectivity index (χ2n) is 4.06. The molecule has 0 radical (unpaired) electrons. The first kappa shape index (κ1) is 14.4. The summed E-state index contributed by atoms with van der Waals surface area (Å²) in [7, 11) is 0. The highest BCUT2D eigenvalue weighted by molar-refractivity contribution is 5.93. The van der Waals surface area contributed by atoms with E-state index >= 15 is 0 Å². The largest absolute Gasteiger partial charge is 0.367 e. The van der Waals surface area contributed by atoms with Gasteiger partial charge >= 0.3 is 0 Å². The number of carbonyl (C=O) groups is 1. The molecule has 0 saturated heterocycles. The molecule has 1 rings (SSSR count). The van der Waals surface area contributed by atoms with Crippen molar-refractivity contribution < 1.29 is 4.79 Å². The molecule has 0 bridgehead atoms. The highest BCUT2D eigenvalue weighted by Gasteiger charge is 2.08. The van der Waals surface area contributed by atoms with Crippen LogP contribution in [0.15, 0.2) is 23.3 Å². The second-order valence-corrected chi connectivity index (χ2v) is 4.06. The van der Waals surface area contributed by atoms with Crippen molar-refractivity contribution in [1.29, 1.82) is 0 Å². The van der Waals surface area contributed by atoms with E-state index in [9.17, 15) is 9.59 Å².